The lowest BCUT2D eigenvalue weighted by Gasteiger charge is -2.26. The maximum atomic E-state index is 13.1. The van der Waals surface area contributed by atoms with Crippen molar-refractivity contribution in [3.8, 4) is 11.6 Å². The predicted octanol–water partition coefficient (Wildman–Crippen LogP) is 3.73. The number of carbonyl (C=O) groups is 3. The van der Waals surface area contributed by atoms with E-state index >= 15 is 0 Å². The number of benzene rings is 2. The van der Waals surface area contributed by atoms with Crippen LogP contribution in [0.5, 0.6) is 11.6 Å². The molecule has 184 valence electrons. The van der Waals surface area contributed by atoms with E-state index in [1.165, 1.54) is 6.20 Å². The molecule has 0 unspecified atom stereocenters. The highest BCUT2D eigenvalue weighted by molar-refractivity contribution is 5.97. The van der Waals surface area contributed by atoms with Crippen LogP contribution in [0.25, 0.3) is 0 Å². The van der Waals surface area contributed by atoms with Gasteiger partial charge >= 0.3 is 5.97 Å². The van der Waals surface area contributed by atoms with Crippen LogP contribution in [-0.2, 0) is 20.9 Å². The maximum absolute atomic E-state index is 13.1. The average Bonchev–Trinajstić information content (AvgIpc) is 3.47. The molecule has 1 saturated carbocycles. The molecule has 2 aliphatic rings. The van der Waals surface area contributed by atoms with Gasteiger partial charge in [-0.1, -0.05) is 55.5 Å². The molecule has 2 fully saturated rings. The number of pyridine rings is 1. The van der Waals surface area contributed by atoms with Gasteiger partial charge in [0.1, 0.15) is 18.4 Å². The second-order valence-electron chi connectivity index (χ2n) is 9.47. The number of carbonyl (C=O) groups excluding carboxylic acids is 3. The standard InChI is InChI=1S/C28H27N3O5/c1-28-14-22(27(34)35-18-19-8-4-2-5-9-19)31(23(28)15-28)25(32)17-30-26(33)20-12-13-24(29-16-20)36-21-10-6-3-7-11-21/h2-13,16,22-23H,14-15,17-18H2,1H3,(H,30,33)/t22-,23-,28+/m0/s1. The van der Waals surface area contributed by atoms with E-state index in [2.05, 4.69) is 17.2 Å². The van der Waals surface area contributed by atoms with Crippen LogP contribution in [0, 0.1) is 5.41 Å². The van der Waals surface area contributed by atoms with E-state index in [-0.39, 0.29) is 30.5 Å². The molecule has 5 rings (SSSR count). The summed E-state index contributed by atoms with van der Waals surface area (Å²) in [5.74, 6) is -0.139. The van der Waals surface area contributed by atoms with Crippen molar-refractivity contribution in [2.24, 2.45) is 5.41 Å². The van der Waals surface area contributed by atoms with Gasteiger partial charge < -0.3 is 19.7 Å². The molecule has 0 radical (unpaired) electrons. The molecule has 2 amide bonds. The Morgan fingerprint density at radius 1 is 1.00 bits per heavy atom. The molecule has 3 atom stereocenters. The molecule has 1 aromatic heterocycles. The molecule has 1 N–H and O–H groups in total. The molecule has 0 spiro atoms. The highest BCUT2D eigenvalue weighted by Crippen LogP contribution is 2.59. The molecular formula is C28H27N3O5. The Labute approximate surface area is 209 Å². The van der Waals surface area contributed by atoms with Gasteiger partial charge in [-0.3, -0.25) is 9.59 Å². The number of likely N-dealkylation sites (tertiary alicyclic amines) is 1. The number of fused-ring (bicyclic) bond motifs is 1. The Morgan fingerprint density at radius 2 is 1.72 bits per heavy atom. The number of hydrogen-bond acceptors (Lipinski definition) is 6. The van der Waals surface area contributed by atoms with Gasteiger partial charge in [-0.25, -0.2) is 9.78 Å². The van der Waals surface area contributed by atoms with Crippen LogP contribution in [-0.4, -0.2) is 46.3 Å². The number of piperidine rings is 1. The van der Waals surface area contributed by atoms with Gasteiger partial charge in [-0.05, 0) is 42.0 Å². The average molecular weight is 486 g/mol. The Morgan fingerprint density at radius 3 is 2.42 bits per heavy atom. The van der Waals surface area contributed by atoms with Crippen molar-refractivity contribution in [2.75, 3.05) is 6.54 Å². The lowest BCUT2D eigenvalue weighted by molar-refractivity contribution is -0.155. The van der Waals surface area contributed by atoms with Crippen LogP contribution in [0.2, 0.25) is 0 Å². The molecular weight excluding hydrogens is 458 g/mol. The fourth-order valence-electron chi connectivity index (χ4n) is 4.70. The van der Waals surface area contributed by atoms with Gasteiger partial charge in [-0.2, -0.15) is 0 Å². The predicted molar refractivity (Wildman–Crippen MR) is 131 cm³/mol. The number of ether oxygens (including phenoxy) is 2. The first-order valence-electron chi connectivity index (χ1n) is 11.9. The smallest absolute Gasteiger partial charge is 0.329 e. The maximum Gasteiger partial charge on any atom is 0.329 e. The second-order valence-corrected chi connectivity index (χ2v) is 9.47. The molecule has 3 aromatic rings. The molecule has 8 nitrogen and oxygen atoms in total. The Kier molecular flexibility index (Phi) is 6.41. The summed E-state index contributed by atoms with van der Waals surface area (Å²) in [4.78, 5) is 44.3. The molecule has 2 heterocycles. The Bertz CT molecular complexity index is 1250. The second kappa shape index (κ2) is 9.81. The molecule has 8 heteroatoms. The van der Waals surface area contributed by atoms with Crippen molar-refractivity contribution in [3.05, 3.63) is 90.1 Å². The Hall–Kier alpha value is -4.20. The summed E-state index contributed by atoms with van der Waals surface area (Å²) in [5, 5.41) is 2.65. The van der Waals surface area contributed by atoms with Crippen LogP contribution >= 0.6 is 0 Å². The lowest BCUT2D eigenvalue weighted by atomic mass is 10.0. The highest BCUT2D eigenvalue weighted by atomic mass is 16.5. The first-order chi connectivity index (χ1) is 17.4. The van der Waals surface area contributed by atoms with E-state index < -0.39 is 17.9 Å². The third-order valence-electron chi connectivity index (χ3n) is 6.78. The van der Waals surface area contributed by atoms with Crippen LogP contribution in [0.4, 0.5) is 0 Å². The molecule has 2 aromatic carbocycles. The van der Waals surface area contributed by atoms with Gasteiger partial charge in [0.15, 0.2) is 0 Å². The highest BCUT2D eigenvalue weighted by Gasteiger charge is 2.64. The molecule has 1 saturated heterocycles. The van der Waals surface area contributed by atoms with E-state index in [0.717, 1.165) is 12.0 Å². The van der Waals surface area contributed by atoms with E-state index in [0.29, 0.717) is 23.6 Å². The summed E-state index contributed by atoms with van der Waals surface area (Å²) in [6, 6.07) is 21.2. The minimum Gasteiger partial charge on any atom is -0.459 e. The number of hydrogen-bond donors (Lipinski definition) is 1. The van der Waals surface area contributed by atoms with E-state index in [4.69, 9.17) is 9.47 Å². The number of nitrogens with zero attached hydrogens (tertiary/aromatic N) is 2. The van der Waals surface area contributed by atoms with Gasteiger partial charge in [0, 0.05) is 18.3 Å². The fourth-order valence-corrected chi connectivity index (χ4v) is 4.70. The third-order valence-corrected chi connectivity index (χ3v) is 6.78. The summed E-state index contributed by atoms with van der Waals surface area (Å²) < 4.78 is 11.2. The van der Waals surface area contributed by atoms with Crippen molar-refractivity contribution in [1.29, 1.82) is 0 Å². The van der Waals surface area contributed by atoms with Gasteiger partial charge in [-0.15, -0.1) is 0 Å². The number of para-hydroxylation sites is 1. The van der Waals surface area contributed by atoms with Crippen LogP contribution in [0.3, 0.4) is 0 Å². The first kappa shape index (κ1) is 23.5. The van der Waals surface area contributed by atoms with Gasteiger partial charge in [0.2, 0.25) is 11.8 Å². The summed E-state index contributed by atoms with van der Waals surface area (Å²) >= 11 is 0. The minimum atomic E-state index is -0.641. The van der Waals surface area contributed by atoms with Crippen molar-refractivity contribution >= 4 is 17.8 Å². The third kappa shape index (κ3) is 5.07. The zero-order valence-electron chi connectivity index (χ0n) is 19.9. The van der Waals surface area contributed by atoms with Crippen LogP contribution in [0.15, 0.2) is 79.0 Å². The first-order valence-corrected chi connectivity index (χ1v) is 11.9. The number of aromatic nitrogens is 1. The van der Waals surface area contributed by atoms with Crippen LogP contribution in [0.1, 0.15) is 35.7 Å². The summed E-state index contributed by atoms with van der Waals surface area (Å²) in [7, 11) is 0. The molecule has 1 aliphatic heterocycles. The summed E-state index contributed by atoms with van der Waals surface area (Å²) in [6.45, 7) is 2.02. The fraction of sp³-hybridized carbons (Fsp3) is 0.286. The summed E-state index contributed by atoms with van der Waals surface area (Å²) in [5.41, 5.74) is 1.12. The largest absolute Gasteiger partial charge is 0.459 e. The zero-order valence-corrected chi connectivity index (χ0v) is 19.9. The van der Waals surface area contributed by atoms with E-state index in [1.807, 2.05) is 60.7 Å². The molecule has 0 bridgehead atoms. The van der Waals surface area contributed by atoms with Crippen molar-refractivity contribution < 1.29 is 23.9 Å². The van der Waals surface area contributed by atoms with Crippen molar-refractivity contribution in [3.63, 3.8) is 0 Å². The topological polar surface area (TPSA) is 97.8 Å². The number of esters is 1. The molecule has 36 heavy (non-hydrogen) atoms. The minimum absolute atomic E-state index is 0.00716. The van der Waals surface area contributed by atoms with Gasteiger partial charge in [0.05, 0.1) is 12.1 Å². The normalized spacial score (nSPS) is 21.9. The van der Waals surface area contributed by atoms with Gasteiger partial charge in [0.25, 0.3) is 5.91 Å². The number of nitrogens with one attached hydrogen (secondary N) is 1. The van der Waals surface area contributed by atoms with E-state index in [9.17, 15) is 14.4 Å². The monoisotopic (exact) mass is 485 g/mol. The number of rotatable bonds is 8. The Balaban J connectivity index is 1.16. The lowest BCUT2D eigenvalue weighted by Crippen LogP contribution is -2.48. The zero-order chi connectivity index (χ0) is 25.1. The van der Waals surface area contributed by atoms with E-state index in [1.54, 1.807) is 17.0 Å². The SMILES string of the molecule is C[C@@]12C[C@@H]1N(C(=O)CNC(=O)c1ccc(Oc3ccccc3)nc1)[C@H](C(=O)OCc1ccccc1)C2. The van der Waals surface area contributed by atoms with Crippen molar-refractivity contribution in [1.82, 2.24) is 15.2 Å². The summed E-state index contributed by atoms with van der Waals surface area (Å²) in [6.07, 6.45) is 2.81. The van der Waals surface area contributed by atoms with Crippen LogP contribution < -0.4 is 10.1 Å². The molecule has 1 aliphatic carbocycles. The van der Waals surface area contributed by atoms with Crippen molar-refractivity contribution in [2.45, 2.75) is 38.5 Å². The quantitative estimate of drug-likeness (QED) is 0.489. The number of amides is 2.